The highest BCUT2D eigenvalue weighted by Gasteiger charge is 2.52. The molecule has 3 heterocycles. The average molecular weight is 451 g/mol. The molecule has 1 aromatic carbocycles. The number of fused-ring (bicyclic) bond motifs is 3. The van der Waals surface area contributed by atoms with Crippen LogP contribution in [0.4, 0.5) is 4.79 Å². The Balaban J connectivity index is 1.40. The second-order valence-corrected chi connectivity index (χ2v) is 9.60. The maximum absolute atomic E-state index is 13.0. The van der Waals surface area contributed by atoms with Gasteiger partial charge in [-0.05, 0) is 64.3 Å². The summed E-state index contributed by atoms with van der Waals surface area (Å²) in [6.07, 6.45) is 2.12. The maximum atomic E-state index is 13.0. The Morgan fingerprint density at radius 2 is 1.58 bits per heavy atom. The Bertz CT molecular complexity index is 1150. The van der Waals surface area contributed by atoms with E-state index in [1.54, 1.807) is 23.1 Å². The zero-order chi connectivity index (χ0) is 23.5. The van der Waals surface area contributed by atoms with Crippen molar-refractivity contribution in [3.63, 3.8) is 0 Å². The first kappa shape index (κ1) is 21.2. The van der Waals surface area contributed by atoms with E-state index in [1.807, 2.05) is 31.4 Å². The van der Waals surface area contributed by atoms with Crippen molar-refractivity contribution in [2.45, 2.75) is 57.7 Å². The Labute approximate surface area is 190 Å². The molecule has 9 nitrogen and oxygen atoms in total. The molecular formula is C24H25N3O6. The van der Waals surface area contributed by atoms with Crippen LogP contribution in [-0.4, -0.2) is 50.6 Å². The van der Waals surface area contributed by atoms with Crippen molar-refractivity contribution in [3.05, 3.63) is 58.9 Å². The van der Waals surface area contributed by atoms with E-state index in [9.17, 15) is 19.2 Å². The van der Waals surface area contributed by atoms with Gasteiger partial charge in [-0.1, -0.05) is 17.2 Å². The quantitative estimate of drug-likeness (QED) is 0.649. The summed E-state index contributed by atoms with van der Waals surface area (Å²) in [5.74, 6) is -2.13. The third-order valence-corrected chi connectivity index (χ3v) is 6.46. The number of carbonyl (C=O) groups excluding carboxylic acids is 4. The molecule has 0 radical (unpaired) electrons. The van der Waals surface area contributed by atoms with Gasteiger partial charge in [0.05, 0.1) is 16.7 Å². The van der Waals surface area contributed by atoms with Crippen molar-refractivity contribution in [2.24, 2.45) is 0 Å². The number of rotatable bonds is 2. The van der Waals surface area contributed by atoms with E-state index in [4.69, 9.17) is 9.57 Å². The van der Waals surface area contributed by atoms with Gasteiger partial charge in [0.2, 0.25) is 0 Å². The number of hydrogen-bond donors (Lipinski definition) is 0. The third-order valence-electron chi connectivity index (χ3n) is 6.46. The predicted molar refractivity (Wildman–Crippen MR) is 115 cm³/mol. The van der Waals surface area contributed by atoms with Crippen LogP contribution in [-0.2, 0) is 21.7 Å². The van der Waals surface area contributed by atoms with Crippen molar-refractivity contribution < 1.29 is 28.8 Å². The van der Waals surface area contributed by atoms with E-state index < -0.39 is 28.9 Å². The van der Waals surface area contributed by atoms with Crippen LogP contribution in [0.1, 0.15) is 76.9 Å². The molecule has 2 aromatic rings. The normalized spacial score (nSPS) is 18.6. The first-order chi connectivity index (χ1) is 15.6. The van der Waals surface area contributed by atoms with Gasteiger partial charge in [-0.15, -0.1) is 0 Å². The van der Waals surface area contributed by atoms with Crippen molar-refractivity contribution in [1.82, 2.24) is 14.5 Å². The summed E-state index contributed by atoms with van der Waals surface area (Å²) < 4.78 is 7.45. The van der Waals surface area contributed by atoms with Crippen molar-refractivity contribution in [1.29, 1.82) is 0 Å². The van der Waals surface area contributed by atoms with Gasteiger partial charge < -0.3 is 14.1 Å². The monoisotopic (exact) mass is 451 g/mol. The molecule has 0 atom stereocenters. The highest BCUT2D eigenvalue weighted by molar-refractivity contribution is 6.21. The minimum Gasteiger partial charge on any atom is -0.444 e. The molecule has 33 heavy (non-hydrogen) atoms. The van der Waals surface area contributed by atoms with Gasteiger partial charge in [0.15, 0.2) is 0 Å². The Morgan fingerprint density at radius 3 is 2.12 bits per heavy atom. The Kier molecular flexibility index (Phi) is 4.63. The van der Waals surface area contributed by atoms with Crippen LogP contribution in [0.3, 0.4) is 0 Å². The van der Waals surface area contributed by atoms with Gasteiger partial charge >= 0.3 is 12.1 Å². The van der Waals surface area contributed by atoms with Crippen molar-refractivity contribution >= 4 is 23.9 Å². The van der Waals surface area contributed by atoms with Crippen molar-refractivity contribution in [3.8, 4) is 0 Å². The second kappa shape index (κ2) is 7.19. The number of aromatic nitrogens is 1. The summed E-state index contributed by atoms with van der Waals surface area (Å²) in [5.41, 5.74) is 0.330. The summed E-state index contributed by atoms with van der Waals surface area (Å²) in [4.78, 5) is 58.0. The van der Waals surface area contributed by atoms with Gasteiger partial charge in [0.1, 0.15) is 11.3 Å². The van der Waals surface area contributed by atoms with Crippen molar-refractivity contribution in [2.75, 3.05) is 6.54 Å². The molecule has 9 heteroatoms. The largest absolute Gasteiger partial charge is 0.444 e. The number of imide groups is 1. The number of carbonyl (C=O) groups is 4. The molecule has 5 rings (SSSR count). The fourth-order valence-corrected chi connectivity index (χ4v) is 4.85. The summed E-state index contributed by atoms with van der Waals surface area (Å²) in [5, 5.41) is 0.516. The van der Waals surface area contributed by atoms with E-state index in [1.165, 1.54) is 12.1 Å². The lowest BCUT2D eigenvalue weighted by Crippen LogP contribution is -2.59. The lowest BCUT2D eigenvalue weighted by Gasteiger charge is -2.53. The van der Waals surface area contributed by atoms with Crippen LogP contribution >= 0.6 is 0 Å². The summed E-state index contributed by atoms with van der Waals surface area (Å²) in [7, 11) is 0. The number of amides is 3. The minimum atomic E-state index is -0.795. The van der Waals surface area contributed by atoms with Crippen LogP contribution in [0.5, 0.6) is 0 Å². The van der Waals surface area contributed by atoms with E-state index in [2.05, 4.69) is 0 Å². The van der Waals surface area contributed by atoms with Crippen LogP contribution in [0.2, 0.25) is 0 Å². The molecule has 1 aromatic heterocycles. The number of ether oxygens (including phenoxy) is 1. The number of hydrogen-bond acceptors (Lipinski definition) is 6. The average Bonchev–Trinajstić information content (AvgIpc) is 3.26. The molecular weight excluding hydrogens is 426 g/mol. The maximum Gasteiger partial charge on any atom is 0.411 e. The number of hydroxylamine groups is 2. The van der Waals surface area contributed by atoms with Crippen LogP contribution < -0.4 is 0 Å². The van der Waals surface area contributed by atoms with E-state index >= 15 is 0 Å². The van der Waals surface area contributed by atoms with Crippen LogP contribution in [0, 0.1) is 0 Å². The van der Waals surface area contributed by atoms with Crippen LogP contribution in [0.15, 0.2) is 36.4 Å². The summed E-state index contributed by atoms with van der Waals surface area (Å²) >= 11 is 0. The van der Waals surface area contributed by atoms with Gasteiger partial charge in [-0.25, -0.2) is 9.59 Å². The topological polar surface area (TPSA) is 98.1 Å². The zero-order valence-electron chi connectivity index (χ0n) is 18.8. The molecule has 172 valence electrons. The number of benzene rings is 1. The van der Waals surface area contributed by atoms with E-state index in [0.29, 0.717) is 18.2 Å². The predicted octanol–water partition coefficient (Wildman–Crippen LogP) is 3.49. The molecule has 3 amide bonds. The highest BCUT2D eigenvalue weighted by atomic mass is 16.7. The number of nitrogens with zero attached hydrogens (tertiary/aromatic N) is 3. The van der Waals surface area contributed by atoms with Gasteiger partial charge in [0.25, 0.3) is 11.8 Å². The first-order valence-corrected chi connectivity index (χ1v) is 11.0. The molecule has 1 spiro atoms. The second-order valence-electron chi connectivity index (χ2n) is 9.60. The lowest BCUT2D eigenvalue weighted by molar-refractivity contribution is -0.0603. The fraction of sp³-hybridized carbons (Fsp3) is 0.417. The third kappa shape index (κ3) is 3.21. The van der Waals surface area contributed by atoms with E-state index in [-0.39, 0.29) is 22.9 Å². The summed E-state index contributed by atoms with van der Waals surface area (Å²) in [6.45, 7) is 6.24. The molecule has 0 N–H and O–H groups in total. The molecule has 2 aliphatic heterocycles. The molecule has 3 aliphatic rings. The lowest BCUT2D eigenvalue weighted by atomic mass is 9.72. The smallest absolute Gasteiger partial charge is 0.411 e. The summed E-state index contributed by atoms with van der Waals surface area (Å²) in [6, 6.07) is 9.77. The standard InChI is InChI=1S/C24H25N3O6/c1-23(2,3)32-22(31)26-14-13-25-17(9-10-18(25)24(26)11-6-12-24)21(30)33-27-19(28)15-7-4-5-8-16(15)20(27)29/h4-5,7-10H,6,11-14H2,1-3H3. The highest BCUT2D eigenvalue weighted by Crippen LogP contribution is 2.49. The fourth-order valence-electron chi connectivity index (χ4n) is 4.85. The minimum absolute atomic E-state index is 0.203. The van der Waals surface area contributed by atoms with Gasteiger partial charge in [-0.3, -0.25) is 14.5 Å². The first-order valence-electron chi connectivity index (χ1n) is 11.0. The molecule has 0 bridgehead atoms. The molecule has 1 saturated carbocycles. The molecule has 1 aliphatic carbocycles. The zero-order valence-corrected chi connectivity index (χ0v) is 18.8. The van der Waals surface area contributed by atoms with Gasteiger partial charge in [0, 0.05) is 18.8 Å². The Morgan fingerprint density at radius 1 is 0.939 bits per heavy atom. The van der Waals surface area contributed by atoms with Gasteiger partial charge in [-0.2, -0.15) is 0 Å². The van der Waals surface area contributed by atoms with Crippen LogP contribution in [0.25, 0.3) is 0 Å². The molecule has 1 fully saturated rings. The molecule has 0 unspecified atom stereocenters. The molecule has 0 saturated heterocycles. The Hall–Kier alpha value is -3.62. The SMILES string of the molecule is CC(C)(C)OC(=O)N1CCn2c(C(=O)ON3C(=O)c4ccccc4C3=O)ccc2C12CCC2. The van der Waals surface area contributed by atoms with E-state index in [0.717, 1.165) is 25.0 Å².